The van der Waals surface area contributed by atoms with Crippen LogP contribution in [0.5, 0.6) is 0 Å². The van der Waals surface area contributed by atoms with E-state index in [1.807, 2.05) is 6.07 Å². The zero-order valence-corrected chi connectivity index (χ0v) is 7.47. The topological polar surface area (TPSA) is 25.8 Å². The summed E-state index contributed by atoms with van der Waals surface area (Å²) >= 11 is 11.5. The van der Waals surface area contributed by atoms with Crippen LogP contribution in [0, 0.1) is 0 Å². The third-order valence-electron chi connectivity index (χ3n) is 1.53. The van der Waals surface area contributed by atoms with Crippen molar-refractivity contribution in [3.8, 4) is 0 Å². The van der Waals surface area contributed by atoms with E-state index >= 15 is 0 Å². The SMILES string of the molecule is Clc1cc2ccncc2nc1Cl. The number of pyridine rings is 2. The molecule has 0 aliphatic carbocycles. The maximum absolute atomic E-state index is 5.77. The lowest BCUT2D eigenvalue weighted by molar-refractivity contribution is 1.31. The normalized spacial score (nSPS) is 10.5. The van der Waals surface area contributed by atoms with Crippen LogP contribution in [0.4, 0.5) is 0 Å². The average molecular weight is 199 g/mol. The summed E-state index contributed by atoms with van der Waals surface area (Å²) in [6, 6.07) is 3.61. The molecule has 0 aliphatic rings. The molecule has 0 fully saturated rings. The molecule has 2 rings (SSSR count). The highest BCUT2D eigenvalue weighted by Crippen LogP contribution is 2.23. The summed E-state index contributed by atoms with van der Waals surface area (Å²) < 4.78 is 0. The lowest BCUT2D eigenvalue weighted by Crippen LogP contribution is -1.81. The van der Waals surface area contributed by atoms with Gasteiger partial charge in [-0.3, -0.25) is 4.98 Å². The molecule has 4 heteroatoms. The zero-order chi connectivity index (χ0) is 8.55. The third-order valence-corrected chi connectivity index (χ3v) is 2.20. The predicted molar refractivity (Wildman–Crippen MR) is 49.6 cm³/mol. The molecular weight excluding hydrogens is 195 g/mol. The number of hydrogen-bond acceptors (Lipinski definition) is 2. The van der Waals surface area contributed by atoms with Crippen molar-refractivity contribution < 1.29 is 0 Å². The molecule has 0 radical (unpaired) electrons. The fourth-order valence-electron chi connectivity index (χ4n) is 0.968. The maximum Gasteiger partial charge on any atom is 0.148 e. The van der Waals surface area contributed by atoms with Gasteiger partial charge in [-0.2, -0.15) is 0 Å². The lowest BCUT2D eigenvalue weighted by atomic mass is 10.3. The molecule has 0 atom stereocenters. The molecule has 2 nitrogen and oxygen atoms in total. The number of aromatic nitrogens is 2. The van der Waals surface area contributed by atoms with Crippen LogP contribution in [0.25, 0.3) is 10.9 Å². The first-order valence-electron chi connectivity index (χ1n) is 3.33. The minimum absolute atomic E-state index is 0.317. The molecular formula is C8H4Cl2N2. The van der Waals surface area contributed by atoms with Crippen LogP contribution in [0.3, 0.4) is 0 Å². The van der Waals surface area contributed by atoms with Gasteiger partial charge in [0.1, 0.15) is 5.15 Å². The van der Waals surface area contributed by atoms with Crippen molar-refractivity contribution in [2.24, 2.45) is 0 Å². The van der Waals surface area contributed by atoms with Crippen LogP contribution >= 0.6 is 23.2 Å². The standard InChI is InChI=1S/C8H4Cl2N2/c9-6-3-5-1-2-11-4-7(5)12-8(6)10/h1-4H. The molecule has 60 valence electrons. The van der Waals surface area contributed by atoms with E-state index in [-0.39, 0.29) is 0 Å². The molecule has 0 saturated carbocycles. The van der Waals surface area contributed by atoms with E-state index in [2.05, 4.69) is 9.97 Å². The second kappa shape index (κ2) is 2.88. The van der Waals surface area contributed by atoms with E-state index < -0.39 is 0 Å². The zero-order valence-electron chi connectivity index (χ0n) is 5.96. The monoisotopic (exact) mass is 198 g/mol. The van der Waals surface area contributed by atoms with Gasteiger partial charge in [-0.05, 0) is 12.1 Å². The number of rotatable bonds is 0. The minimum atomic E-state index is 0.317. The molecule has 0 spiro atoms. The largest absolute Gasteiger partial charge is 0.262 e. The summed E-state index contributed by atoms with van der Waals surface area (Å²) in [6.45, 7) is 0. The van der Waals surface area contributed by atoms with E-state index in [0.717, 1.165) is 10.9 Å². The molecule has 2 aromatic heterocycles. The Hall–Kier alpha value is -0.860. The van der Waals surface area contributed by atoms with Crippen molar-refractivity contribution in [3.05, 3.63) is 34.7 Å². The summed E-state index contributed by atoms with van der Waals surface area (Å²) in [5, 5.41) is 1.73. The van der Waals surface area contributed by atoms with Crippen LogP contribution in [-0.4, -0.2) is 9.97 Å². The van der Waals surface area contributed by atoms with Crippen LogP contribution in [0.1, 0.15) is 0 Å². The molecule has 2 aromatic rings. The summed E-state index contributed by atoms with van der Waals surface area (Å²) in [4.78, 5) is 7.97. The van der Waals surface area contributed by atoms with Crippen molar-refractivity contribution in [2.75, 3.05) is 0 Å². The molecule has 0 N–H and O–H groups in total. The number of halogens is 2. The van der Waals surface area contributed by atoms with E-state index in [4.69, 9.17) is 23.2 Å². The number of hydrogen-bond donors (Lipinski definition) is 0. The maximum atomic E-state index is 5.77. The van der Waals surface area contributed by atoms with Gasteiger partial charge in [0, 0.05) is 11.6 Å². The van der Waals surface area contributed by atoms with Crippen molar-refractivity contribution in [2.45, 2.75) is 0 Å². The van der Waals surface area contributed by atoms with Gasteiger partial charge in [0.25, 0.3) is 0 Å². The first-order valence-corrected chi connectivity index (χ1v) is 4.09. The van der Waals surface area contributed by atoms with Gasteiger partial charge in [-0.1, -0.05) is 23.2 Å². The van der Waals surface area contributed by atoms with Crippen molar-refractivity contribution >= 4 is 34.1 Å². The summed E-state index contributed by atoms with van der Waals surface area (Å²) in [6.07, 6.45) is 3.34. The summed E-state index contributed by atoms with van der Waals surface area (Å²) in [5.41, 5.74) is 0.756. The Labute approximate surface area is 79.2 Å². The Balaban J connectivity index is 2.84. The van der Waals surface area contributed by atoms with Crippen LogP contribution < -0.4 is 0 Å². The summed E-state index contributed by atoms with van der Waals surface area (Å²) in [5.74, 6) is 0. The van der Waals surface area contributed by atoms with E-state index in [1.165, 1.54) is 0 Å². The van der Waals surface area contributed by atoms with E-state index in [1.54, 1.807) is 18.5 Å². The first-order chi connectivity index (χ1) is 5.77. The van der Waals surface area contributed by atoms with Gasteiger partial charge in [-0.25, -0.2) is 4.98 Å². The van der Waals surface area contributed by atoms with Crippen molar-refractivity contribution in [1.29, 1.82) is 0 Å². The Bertz CT molecular complexity index is 388. The van der Waals surface area contributed by atoms with Crippen molar-refractivity contribution in [3.63, 3.8) is 0 Å². The van der Waals surface area contributed by atoms with Gasteiger partial charge < -0.3 is 0 Å². The molecule has 0 aliphatic heterocycles. The second-order valence-corrected chi connectivity index (χ2v) is 3.09. The molecule has 0 unspecified atom stereocenters. The molecule has 0 bridgehead atoms. The Morgan fingerprint density at radius 3 is 2.92 bits per heavy atom. The molecule has 0 saturated heterocycles. The van der Waals surface area contributed by atoms with Crippen LogP contribution in [0.2, 0.25) is 10.2 Å². The smallest absolute Gasteiger partial charge is 0.148 e. The van der Waals surface area contributed by atoms with E-state index in [0.29, 0.717) is 10.2 Å². The van der Waals surface area contributed by atoms with Crippen molar-refractivity contribution in [1.82, 2.24) is 9.97 Å². The molecule has 2 heterocycles. The Morgan fingerprint density at radius 2 is 2.08 bits per heavy atom. The van der Waals surface area contributed by atoms with Gasteiger partial charge in [0.15, 0.2) is 0 Å². The van der Waals surface area contributed by atoms with Crippen LogP contribution in [0.15, 0.2) is 24.5 Å². The predicted octanol–water partition coefficient (Wildman–Crippen LogP) is 2.94. The highest BCUT2D eigenvalue weighted by atomic mass is 35.5. The fraction of sp³-hybridized carbons (Fsp3) is 0. The van der Waals surface area contributed by atoms with Gasteiger partial charge in [0.05, 0.1) is 16.7 Å². The highest BCUT2D eigenvalue weighted by molar-refractivity contribution is 6.41. The lowest BCUT2D eigenvalue weighted by Gasteiger charge is -1.97. The first kappa shape index (κ1) is 7.77. The van der Waals surface area contributed by atoms with Gasteiger partial charge >= 0.3 is 0 Å². The average Bonchev–Trinajstić information content (AvgIpc) is 2.07. The van der Waals surface area contributed by atoms with Gasteiger partial charge in [0.2, 0.25) is 0 Å². The molecule has 0 aromatic carbocycles. The van der Waals surface area contributed by atoms with Crippen LogP contribution in [-0.2, 0) is 0 Å². The molecule has 12 heavy (non-hydrogen) atoms. The third kappa shape index (κ3) is 1.24. The fourth-order valence-corrected chi connectivity index (χ4v) is 1.27. The quantitative estimate of drug-likeness (QED) is 0.609. The number of fused-ring (bicyclic) bond motifs is 1. The second-order valence-electron chi connectivity index (χ2n) is 2.33. The number of nitrogens with zero attached hydrogens (tertiary/aromatic N) is 2. The highest BCUT2D eigenvalue weighted by Gasteiger charge is 2.00. The summed E-state index contributed by atoms with van der Waals surface area (Å²) in [7, 11) is 0. The van der Waals surface area contributed by atoms with E-state index in [9.17, 15) is 0 Å². The Morgan fingerprint density at radius 1 is 1.25 bits per heavy atom. The minimum Gasteiger partial charge on any atom is -0.262 e. The molecule has 0 amide bonds. The van der Waals surface area contributed by atoms with Gasteiger partial charge in [-0.15, -0.1) is 0 Å². The Kier molecular flexibility index (Phi) is 1.87.